The predicted octanol–water partition coefficient (Wildman–Crippen LogP) is 2.28. The Balaban J connectivity index is 1.83. The minimum absolute atomic E-state index is 0.0924. The molecule has 4 bridgehead atoms. The van der Waals surface area contributed by atoms with Crippen molar-refractivity contribution in [3.05, 3.63) is 35.9 Å². The number of benzene rings is 1. The lowest BCUT2D eigenvalue weighted by atomic mass is 9.76. The van der Waals surface area contributed by atoms with Gasteiger partial charge in [0.1, 0.15) is 6.10 Å². The second kappa shape index (κ2) is 2.75. The SMILES string of the molecule is O=C1CC2CC3CC2(c2ccccc2)OC13. The van der Waals surface area contributed by atoms with E-state index in [1.165, 1.54) is 12.0 Å². The molecule has 2 heterocycles. The van der Waals surface area contributed by atoms with Crippen molar-refractivity contribution in [1.82, 2.24) is 0 Å². The predicted molar refractivity (Wildman–Crippen MR) is 58.8 cm³/mol. The van der Waals surface area contributed by atoms with Gasteiger partial charge in [-0.1, -0.05) is 30.3 Å². The van der Waals surface area contributed by atoms with E-state index in [0.29, 0.717) is 17.6 Å². The Morgan fingerprint density at radius 1 is 1.25 bits per heavy atom. The standard InChI is InChI=1S/C14H14O2/c15-12-7-11-6-9-8-14(11,16-13(9)12)10-4-2-1-3-5-10/h1-5,9,11,13H,6-8H2. The van der Waals surface area contributed by atoms with Gasteiger partial charge >= 0.3 is 0 Å². The summed E-state index contributed by atoms with van der Waals surface area (Å²) in [7, 11) is 0. The zero-order chi connectivity index (χ0) is 10.8. The second-order valence-corrected chi connectivity index (χ2v) is 5.36. The highest BCUT2D eigenvalue weighted by atomic mass is 16.5. The molecule has 4 atom stereocenters. The summed E-state index contributed by atoms with van der Waals surface area (Å²) in [6.45, 7) is 0. The second-order valence-electron chi connectivity index (χ2n) is 5.36. The van der Waals surface area contributed by atoms with Crippen LogP contribution >= 0.6 is 0 Å². The van der Waals surface area contributed by atoms with Gasteiger partial charge in [0.05, 0.1) is 5.60 Å². The van der Waals surface area contributed by atoms with E-state index in [2.05, 4.69) is 24.3 Å². The molecule has 0 amide bonds. The van der Waals surface area contributed by atoms with Crippen molar-refractivity contribution < 1.29 is 9.53 Å². The summed E-state index contributed by atoms with van der Waals surface area (Å²) in [4.78, 5) is 11.7. The topological polar surface area (TPSA) is 26.3 Å². The lowest BCUT2D eigenvalue weighted by Gasteiger charge is -2.42. The minimum Gasteiger partial charge on any atom is -0.359 e. The molecule has 4 fully saturated rings. The average molecular weight is 214 g/mol. The van der Waals surface area contributed by atoms with Crippen LogP contribution in [0.25, 0.3) is 0 Å². The van der Waals surface area contributed by atoms with Crippen LogP contribution in [0.2, 0.25) is 0 Å². The molecule has 16 heavy (non-hydrogen) atoms. The van der Waals surface area contributed by atoms with Gasteiger partial charge in [0, 0.05) is 6.42 Å². The number of ketones is 1. The molecule has 1 aromatic rings. The number of carbonyl (C=O) groups excluding carboxylic acids is 1. The van der Waals surface area contributed by atoms with Gasteiger partial charge < -0.3 is 4.74 Å². The van der Waals surface area contributed by atoms with Gasteiger partial charge in [-0.05, 0) is 30.2 Å². The third-order valence-electron chi connectivity index (χ3n) is 4.60. The Morgan fingerprint density at radius 2 is 2.06 bits per heavy atom. The smallest absolute Gasteiger partial charge is 0.162 e. The fourth-order valence-electron chi connectivity index (χ4n) is 3.97. The van der Waals surface area contributed by atoms with Crippen LogP contribution in [0.15, 0.2) is 30.3 Å². The van der Waals surface area contributed by atoms with E-state index in [1.54, 1.807) is 0 Å². The van der Waals surface area contributed by atoms with Crippen LogP contribution < -0.4 is 0 Å². The Hall–Kier alpha value is -1.15. The molecule has 5 rings (SSSR count). The van der Waals surface area contributed by atoms with E-state index in [-0.39, 0.29) is 11.7 Å². The third-order valence-corrected chi connectivity index (χ3v) is 4.60. The molecule has 0 spiro atoms. The Bertz CT molecular complexity index is 453. The van der Waals surface area contributed by atoms with E-state index in [9.17, 15) is 4.79 Å². The van der Waals surface area contributed by atoms with Gasteiger partial charge in [-0.3, -0.25) is 4.79 Å². The summed E-state index contributed by atoms with van der Waals surface area (Å²) >= 11 is 0. The zero-order valence-corrected chi connectivity index (χ0v) is 9.06. The molecule has 2 saturated heterocycles. The largest absolute Gasteiger partial charge is 0.359 e. The first-order valence-corrected chi connectivity index (χ1v) is 6.06. The maximum absolute atomic E-state index is 11.7. The maximum atomic E-state index is 11.7. The van der Waals surface area contributed by atoms with Gasteiger partial charge in [-0.25, -0.2) is 0 Å². The van der Waals surface area contributed by atoms with Crippen molar-refractivity contribution in [2.75, 3.05) is 0 Å². The summed E-state index contributed by atoms with van der Waals surface area (Å²) < 4.78 is 6.10. The van der Waals surface area contributed by atoms with E-state index in [1.807, 2.05) is 6.07 Å². The normalized spacial score (nSPS) is 44.2. The Labute approximate surface area is 94.6 Å². The van der Waals surface area contributed by atoms with Crippen LogP contribution in [0, 0.1) is 11.8 Å². The van der Waals surface area contributed by atoms with Crippen LogP contribution in [0.1, 0.15) is 24.8 Å². The van der Waals surface area contributed by atoms with Crippen LogP contribution in [-0.2, 0) is 15.1 Å². The molecule has 1 aromatic carbocycles. The quantitative estimate of drug-likeness (QED) is 0.717. The molecule has 2 aliphatic carbocycles. The van der Waals surface area contributed by atoms with Crippen molar-refractivity contribution in [1.29, 1.82) is 0 Å². The molecular weight excluding hydrogens is 200 g/mol. The average Bonchev–Trinajstić information content (AvgIpc) is 2.84. The van der Waals surface area contributed by atoms with Gasteiger partial charge in [0.2, 0.25) is 0 Å². The lowest BCUT2D eigenvalue weighted by molar-refractivity contribution is -0.171. The third kappa shape index (κ3) is 0.897. The van der Waals surface area contributed by atoms with Crippen LogP contribution in [0.4, 0.5) is 0 Å². The highest BCUT2D eigenvalue weighted by molar-refractivity contribution is 5.86. The fourth-order valence-corrected chi connectivity index (χ4v) is 3.97. The Kier molecular flexibility index (Phi) is 1.54. The molecule has 4 unspecified atom stereocenters. The van der Waals surface area contributed by atoms with Crippen molar-refractivity contribution in [2.45, 2.75) is 31.0 Å². The number of hydrogen-bond acceptors (Lipinski definition) is 2. The van der Waals surface area contributed by atoms with E-state index in [4.69, 9.17) is 4.74 Å². The molecule has 2 saturated carbocycles. The summed E-state index contributed by atoms with van der Waals surface area (Å²) in [6, 6.07) is 10.5. The lowest BCUT2D eigenvalue weighted by Crippen LogP contribution is -2.47. The van der Waals surface area contributed by atoms with E-state index in [0.717, 1.165) is 12.8 Å². The zero-order valence-electron chi connectivity index (χ0n) is 9.06. The minimum atomic E-state index is -0.121. The van der Waals surface area contributed by atoms with Crippen molar-refractivity contribution in [2.24, 2.45) is 11.8 Å². The van der Waals surface area contributed by atoms with E-state index >= 15 is 0 Å². The highest BCUT2D eigenvalue weighted by Crippen LogP contribution is 2.62. The maximum Gasteiger partial charge on any atom is 0.162 e. The molecule has 0 radical (unpaired) electrons. The number of Topliss-reactive ketones (excluding diaryl/α,β-unsaturated/α-hetero) is 1. The van der Waals surface area contributed by atoms with Crippen molar-refractivity contribution >= 4 is 5.78 Å². The van der Waals surface area contributed by atoms with Crippen LogP contribution in [-0.4, -0.2) is 11.9 Å². The van der Waals surface area contributed by atoms with Crippen LogP contribution in [0.3, 0.4) is 0 Å². The van der Waals surface area contributed by atoms with Crippen LogP contribution in [0.5, 0.6) is 0 Å². The number of ether oxygens (including phenoxy) is 1. The molecule has 82 valence electrons. The van der Waals surface area contributed by atoms with Gasteiger partial charge in [0.25, 0.3) is 0 Å². The first-order valence-electron chi connectivity index (χ1n) is 6.06. The highest BCUT2D eigenvalue weighted by Gasteiger charge is 2.64. The van der Waals surface area contributed by atoms with Crippen molar-refractivity contribution in [3.63, 3.8) is 0 Å². The molecule has 0 N–H and O–H groups in total. The summed E-state index contributed by atoms with van der Waals surface area (Å²) in [6.07, 6.45) is 2.88. The summed E-state index contributed by atoms with van der Waals surface area (Å²) in [5.74, 6) is 1.26. The fraction of sp³-hybridized carbons (Fsp3) is 0.500. The summed E-state index contributed by atoms with van der Waals surface area (Å²) in [5.41, 5.74) is 1.15. The van der Waals surface area contributed by atoms with Gasteiger partial charge in [-0.2, -0.15) is 0 Å². The molecule has 4 aliphatic rings. The molecule has 2 heteroatoms. The number of rotatable bonds is 1. The summed E-state index contributed by atoms with van der Waals surface area (Å²) in [5, 5.41) is 0. The van der Waals surface area contributed by atoms with E-state index < -0.39 is 0 Å². The molecule has 2 aliphatic heterocycles. The monoisotopic (exact) mass is 214 g/mol. The molecule has 0 aromatic heterocycles. The van der Waals surface area contributed by atoms with Crippen molar-refractivity contribution in [3.8, 4) is 0 Å². The number of carbonyl (C=O) groups is 1. The van der Waals surface area contributed by atoms with Gasteiger partial charge in [0.15, 0.2) is 5.78 Å². The first-order chi connectivity index (χ1) is 7.79. The number of hydrogen-bond donors (Lipinski definition) is 0. The first kappa shape index (κ1) is 8.94. The number of fused-ring (bicyclic) bond motifs is 1. The molecule has 2 nitrogen and oxygen atoms in total. The molecular formula is C14H14O2. The van der Waals surface area contributed by atoms with Gasteiger partial charge in [-0.15, -0.1) is 0 Å². The Morgan fingerprint density at radius 3 is 2.75 bits per heavy atom.